The molecule has 4 heteroatoms. The Labute approximate surface area is 129 Å². The summed E-state index contributed by atoms with van der Waals surface area (Å²) in [4.78, 5) is 0.991. The van der Waals surface area contributed by atoms with E-state index in [0.717, 1.165) is 21.9 Å². The summed E-state index contributed by atoms with van der Waals surface area (Å²) in [5.41, 5.74) is 2.69. The van der Waals surface area contributed by atoms with Crippen LogP contribution in [0.3, 0.4) is 0 Å². The SMILES string of the molecule is CCOc1cccc(CNc2cccc(SC)c2C#N)c1. The van der Waals surface area contributed by atoms with Gasteiger partial charge in [-0.3, -0.25) is 0 Å². The van der Waals surface area contributed by atoms with Gasteiger partial charge in [-0.2, -0.15) is 5.26 Å². The molecule has 0 aliphatic heterocycles. The average Bonchev–Trinajstić information content (AvgIpc) is 2.53. The van der Waals surface area contributed by atoms with Gasteiger partial charge in [-0.15, -0.1) is 11.8 Å². The Morgan fingerprint density at radius 3 is 2.76 bits per heavy atom. The second-order valence-corrected chi connectivity index (χ2v) is 5.28. The van der Waals surface area contributed by atoms with Crippen molar-refractivity contribution in [2.24, 2.45) is 0 Å². The molecule has 0 fully saturated rings. The zero-order valence-electron chi connectivity index (χ0n) is 12.2. The molecule has 21 heavy (non-hydrogen) atoms. The maximum absolute atomic E-state index is 9.32. The summed E-state index contributed by atoms with van der Waals surface area (Å²) in [6.07, 6.45) is 1.98. The maximum atomic E-state index is 9.32. The van der Waals surface area contributed by atoms with E-state index < -0.39 is 0 Å². The molecule has 3 nitrogen and oxygen atoms in total. The molecule has 0 spiro atoms. The average molecular weight is 298 g/mol. The van der Waals surface area contributed by atoms with Gasteiger partial charge in [0.05, 0.1) is 17.9 Å². The van der Waals surface area contributed by atoms with E-state index in [1.807, 2.05) is 55.6 Å². The van der Waals surface area contributed by atoms with Gasteiger partial charge in [0.15, 0.2) is 0 Å². The fourth-order valence-electron chi connectivity index (χ4n) is 2.07. The Morgan fingerprint density at radius 2 is 2.05 bits per heavy atom. The van der Waals surface area contributed by atoms with Crippen molar-refractivity contribution in [3.8, 4) is 11.8 Å². The summed E-state index contributed by atoms with van der Waals surface area (Å²) in [6.45, 7) is 3.29. The topological polar surface area (TPSA) is 45.0 Å². The van der Waals surface area contributed by atoms with Crippen LogP contribution in [0.1, 0.15) is 18.1 Å². The first kappa shape index (κ1) is 15.3. The second kappa shape index (κ2) is 7.61. The normalized spacial score (nSPS) is 9.95. The van der Waals surface area contributed by atoms with E-state index in [4.69, 9.17) is 4.74 Å². The molecule has 2 aromatic carbocycles. The lowest BCUT2D eigenvalue weighted by Gasteiger charge is -2.11. The van der Waals surface area contributed by atoms with Crippen molar-refractivity contribution in [3.05, 3.63) is 53.6 Å². The van der Waals surface area contributed by atoms with Crippen molar-refractivity contribution in [2.75, 3.05) is 18.2 Å². The molecule has 0 aromatic heterocycles. The lowest BCUT2D eigenvalue weighted by atomic mass is 10.1. The van der Waals surface area contributed by atoms with E-state index in [9.17, 15) is 5.26 Å². The number of ether oxygens (including phenoxy) is 1. The van der Waals surface area contributed by atoms with E-state index in [2.05, 4.69) is 11.4 Å². The Morgan fingerprint density at radius 1 is 1.24 bits per heavy atom. The predicted octanol–water partition coefficient (Wildman–Crippen LogP) is 4.29. The number of hydrogen-bond acceptors (Lipinski definition) is 4. The van der Waals surface area contributed by atoms with Crippen molar-refractivity contribution in [2.45, 2.75) is 18.4 Å². The quantitative estimate of drug-likeness (QED) is 0.808. The molecular weight excluding hydrogens is 280 g/mol. The van der Waals surface area contributed by atoms with Gasteiger partial charge in [-0.05, 0) is 43.0 Å². The zero-order chi connectivity index (χ0) is 15.1. The van der Waals surface area contributed by atoms with Crippen molar-refractivity contribution in [1.29, 1.82) is 5.26 Å². The number of rotatable bonds is 6. The molecule has 0 saturated carbocycles. The van der Waals surface area contributed by atoms with Crippen LogP contribution in [0.15, 0.2) is 47.4 Å². The first-order valence-electron chi connectivity index (χ1n) is 6.81. The van der Waals surface area contributed by atoms with Gasteiger partial charge < -0.3 is 10.1 Å². The highest BCUT2D eigenvalue weighted by Gasteiger charge is 2.07. The van der Waals surface area contributed by atoms with Gasteiger partial charge in [0.25, 0.3) is 0 Å². The third-order valence-electron chi connectivity index (χ3n) is 3.05. The molecule has 108 valence electrons. The molecular formula is C17H18N2OS. The number of nitrogens with one attached hydrogen (secondary N) is 1. The molecule has 2 aromatic rings. The fraction of sp³-hybridized carbons (Fsp3) is 0.235. The molecule has 0 aliphatic carbocycles. The monoisotopic (exact) mass is 298 g/mol. The Bertz CT molecular complexity index is 649. The zero-order valence-corrected chi connectivity index (χ0v) is 13.0. The van der Waals surface area contributed by atoms with Gasteiger partial charge in [0, 0.05) is 11.4 Å². The number of anilines is 1. The number of nitrogens with zero attached hydrogens (tertiary/aromatic N) is 1. The molecule has 0 unspecified atom stereocenters. The first-order chi connectivity index (χ1) is 10.3. The molecule has 0 atom stereocenters. The third kappa shape index (κ3) is 3.93. The summed E-state index contributed by atoms with van der Waals surface area (Å²) in [5, 5.41) is 12.7. The van der Waals surface area contributed by atoms with E-state index in [-0.39, 0.29) is 0 Å². The highest BCUT2D eigenvalue weighted by molar-refractivity contribution is 7.98. The minimum absolute atomic E-state index is 0.658. The first-order valence-corrected chi connectivity index (χ1v) is 8.03. The van der Waals surface area contributed by atoms with Crippen molar-refractivity contribution in [3.63, 3.8) is 0 Å². The molecule has 1 N–H and O–H groups in total. The lowest BCUT2D eigenvalue weighted by molar-refractivity contribution is 0.340. The predicted molar refractivity (Wildman–Crippen MR) is 87.9 cm³/mol. The summed E-state index contributed by atoms with van der Waals surface area (Å²) >= 11 is 1.58. The van der Waals surface area contributed by atoms with Crippen LogP contribution in [-0.2, 0) is 6.54 Å². The summed E-state index contributed by atoms with van der Waals surface area (Å²) < 4.78 is 5.50. The van der Waals surface area contributed by atoms with Crippen molar-refractivity contribution in [1.82, 2.24) is 0 Å². The molecule has 2 rings (SSSR count). The van der Waals surface area contributed by atoms with Gasteiger partial charge in [-0.25, -0.2) is 0 Å². The van der Waals surface area contributed by atoms with Crippen LogP contribution in [0.5, 0.6) is 5.75 Å². The number of benzene rings is 2. The van der Waals surface area contributed by atoms with E-state index in [1.54, 1.807) is 11.8 Å². The minimum atomic E-state index is 0.658. The molecule has 0 bridgehead atoms. The smallest absolute Gasteiger partial charge is 0.119 e. The molecule has 0 amide bonds. The van der Waals surface area contributed by atoms with E-state index in [1.165, 1.54) is 0 Å². The third-order valence-corrected chi connectivity index (χ3v) is 3.83. The Hall–Kier alpha value is -2.12. The van der Waals surface area contributed by atoms with Crippen LogP contribution >= 0.6 is 11.8 Å². The van der Waals surface area contributed by atoms with Crippen LogP contribution in [-0.4, -0.2) is 12.9 Å². The number of nitriles is 1. The lowest BCUT2D eigenvalue weighted by Crippen LogP contribution is -2.02. The second-order valence-electron chi connectivity index (χ2n) is 4.43. The molecule has 0 aliphatic rings. The van der Waals surface area contributed by atoms with E-state index >= 15 is 0 Å². The Kier molecular flexibility index (Phi) is 5.53. The summed E-state index contributed by atoms with van der Waals surface area (Å²) in [6, 6.07) is 16.1. The number of hydrogen-bond donors (Lipinski definition) is 1. The van der Waals surface area contributed by atoms with Gasteiger partial charge in [0.2, 0.25) is 0 Å². The molecule has 0 saturated heterocycles. The van der Waals surface area contributed by atoms with Crippen LogP contribution < -0.4 is 10.1 Å². The van der Waals surface area contributed by atoms with Crippen LogP contribution in [0.4, 0.5) is 5.69 Å². The van der Waals surface area contributed by atoms with Gasteiger partial charge in [-0.1, -0.05) is 18.2 Å². The van der Waals surface area contributed by atoms with Crippen molar-refractivity contribution < 1.29 is 4.74 Å². The standard InChI is InChI=1S/C17H18N2OS/c1-3-20-14-7-4-6-13(10-14)12-19-16-8-5-9-17(21-2)15(16)11-18/h4-10,19H,3,12H2,1-2H3. The van der Waals surface area contributed by atoms with Crippen LogP contribution in [0, 0.1) is 11.3 Å². The fourth-order valence-corrected chi connectivity index (χ4v) is 2.65. The van der Waals surface area contributed by atoms with E-state index in [0.29, 0.717) is 18.7 Å². The largest absolute Gasteiger partial charge is 0.494 e. The van der Waals surface area contributed by atoms with Crippen LogP contribution in [0.25, 0.3) is 0 Å². The highest BCUT2D eigenvalue weighted by Crippen LogP contribution is 2.26. The maximum Gasteiger partial charge on any atom is 0.119 e. The van der Waals surface area contributed by atoms with Gasteiger partial charge in [0.1, 0.15) is 11.8 Å². The van der Waals surface area contributed by atoms with Crippen molar-refractivity contribution >= 4 is 17.4 Å². The minimum Gasteiger partial charge on any atom is -0.494 e. The highest BCUT2D eigenvalue weighted by atomic mass is 32.2. The Balaban J connectivity index is 2.13. The summed E-state index contributed by atoms with van der Waals surface area (Å²) in [5.74, 6) is 0.871. The molecule has 0 radical (unpaired) electrons. The molecule has 0 heterocycles. The summed E-state index contributed by atoms with van der Waals surface area (Å²) in [7, 11) is 0. The van der Waals surface area contributed by atoms with Crippen LogP contribution in [0.2, 0.25) is 0 Å². The number of thioether (sulfide) groups is 1. The van der Waals surface area contributed by atoms with Gasteiger partial charge >= 0.3 is 0 Å².